The van der Waals surface area contributed by atoms with Crippen LogP contribution in [0.2, 0.25) is 0 Å². The van der Waals surface area contributed by atoms with E-state index in [1.165, 1.54) is 32.1 Å². The molecule has 17 heavy (non-hydrogen) atoms. The normalized spacial score (nSPS) is 19.3. The van der Waals surface area contributed by atoms with Crippen molar-refractivity contribution >= 4 is 5.97 Å². The molecule has 0 aromatic heterocycles. The first-order valence-electron chi connectivity index (χ1n) is 7.10. The van der Waals surface area contributed by atoms with Crippen molar-refractivity contribution in [3.05, 3.63) is 0 Å². The third kappa shape index (κ3) is 4.66. The average Bonchev–Trinajstić information content (AvgIpc) is 2.31. The highest BCUT2D eigenvalue weighted by molar-refractivity contribution is 5.70. The largest absolute Gasteiger partial charge is 0.466 e. The number of ether oxygens (including phenoxy) is 1. The van der Waals surface area contributed by atoms with Gasteiger partial charge in [0.1, 0.15) is 0 Å². The summed E-state index contributed by atoms with van der Waals surface area (Å²) in [6, 6.07) is 0.986. The van der Waals surface area contributed by atoms with Gasteiger partial charge in [-0.1, -0.05) is 26.2 Å². The first-order valence-corrected chi connectivity index (χ1v) is 7.10. The molecule has 0 radical (unpaired) electrons. The molecule has 0 N–H and O–H groups in total. The fourth-order valence-corrected chi connectivity index (χ4v) is 2.92. The van der Waals surface area contributed by atoms with Crippen LogP contribution in [0, 0.1) is 0 Å². The van der Waals surface area contributed by atoms with Crippen LogP contribution in [0.1, 0.15) is 59.3 Å². The Kier molecular flexibility index (Phi) is 6.56. The topological polar surface area (TPSA) is 29.5 Å². The summed E-state index contributed by atoms with van der Waals surface area (Å²) < 4.78 is 5.03. The fourth-order valence-electron chi connectivity index (χ4n) is 2.92. The van der Waals surface area contributed by atoms with Gasteiger partial charge < -0.3 is 4.74 Å². The summed E-state index contributed by atoms with van der Waals surface area (Å²) in [6.07, 6.45) is 7.17. The molecular weight excluding hydrogens is 214 g/mol. The summed E-state index contributed by atoms with van der Waals surface area (Å²) in [5, 5.41) is 0. The molecule has 0 heterocycles. The third-order valence-electron chi connectivity index (χ3n) is 3.74. The van der Waals surface area contributed by atoms with Crippen molar-refractivity contribution in [1.29, 1.82) is 0 Å². The van der Waals surface area contributed by atoms with Crippen molar-refractivity contribution in [2.75, 3.05) is 13.2 Å². The van der Waals surface area contributed by atoms with E-state index in [9.17, 15) is 4.79 Å². The van der Waals surface area contributed by atoms with E-state index in [1.807, 2.05) is 6.92 Å². The highest BCUT2D eigenvalue weighted by Gasteiger charge is 2.25. The number of rotatable bonds is 6. The molecule has 3 heteroatoms. The van der Waals surface area contributed by atoms with Gasteiger partial charge in [0.2, 0.25) is 0 Å². The minimum Gasteiger partial charge on any atom is -0.466 e. The molecule has 100 valence electrons. The second-order valence-corrected chi connectivity index (χ2v) is 4.98. The lowest BCUT2D eigenvalue weighted by Crippen LogP contribution is -2.43. The Morgan fingerprint density at radius 2 is 1.94 bits per heavy atom. The second kappa shape index (κ2) is 7.70. The van der Waals surface area contributed by atoms with Gasteiger partial charge in [-0.2, -0.15) is 0 Å². The van der Waals surface area contributed by atoms with Crippen molar-refractivity contribution in [3.63, 3.8) is 0 Å². The zero-order valence-electron chi connectivity index (χ0n) is 11.6. The number of nitrogens with zero attached hydrogens (tertiary/aromatic N) is 1. The van der Waals surface area contributed by atoms with Crippen molar-refractivity contribution in [1.82, 2.24) is 4.90 Å². The number of carbonyl (C=O) groups is 1. The third-order valence-corrected chi connectivity index (χ3v) is 3.74. The molecule has 0 aromatic carbocycles. The maximum Gasteiger partial charge on any atom is 0.307 e. The predicted octanol–water partition coefficient (Wildman–Crippen LogP) is 2.98. The molecule has 1 rings (SSSR count). The van der Waals surface area contributed by atoms with E-state index in [0.29, 0.717) is 25.1 Å². The van der Waals surface area contributed by atoms with E-state index in [-0.39, 0.29) is 5.97 Å². The Balaban J connectivity index is 2.44. The number of esters is 1. The maximum absolute atomic E-state index is 11.5. The molecular formula is C14H27NO2. The first kappa shape index (κ1) is 14.5. The van der Waals surface area contributed by atoms with Crippen LogP contribution >= 0.6 is 0 Å². The van der Waals surface area contributed by atoms with Gasteiger partial charge in [0.25, 0.3) is 0 Å². The van der Waals surface area contributed by atoms with Crippen LogP contribution in [0.15, 0.2) is 0 Å². The van der Waals surface area contributed by atoms with Crippen molar-refractivity contribution in [2.24, 2.45) is 0 Å². The molecule has 0 bridgehead atoms. The smallest absolute Gasteiger partial charge is 0.307 e. The molecule has 0 aliphatic heterocycles. The van der Waals surface area contributed by atoms with Gasteiger partial charge in [-0.15, -0.1) is 0 Å². The minimum atomic E-state index is -0.0609. The Bertz CT molecular complexity index is 224. The lowest BCUT2D eigenvalue weighted by molar-refractivity contribution is -0.144. The van der Waals surface area contributed by atoms with Gasteiger partial charge in [-0.25, -0.2) is 0 Å². The highest BCUT2D eigenvalue weighted by atomic mass is 16.5. The van der Waals surface area contributed by atoms with Crippen LogP contribution < -0.4 is 0 Å². The summed E-state index contributed by atoms with van der Waals surface area (Å²) >= 11 is 0. The average molecular weight is 241 g/mol. The van der Waals surface area contributed by atoms with E-state index in [4.69, 9.17) is 4.74 Å². The number of carbonyl (C=O) groups excluding carboxylic acids is 1. The van der Waals surface area contributed by atoms with Gasteiger partial charge in [-0.05, 0) is 33.2 Å². The molecule has 1 unspecified atom stereocenters. The second-order valence-electron chi connectivity index (χ2n) is 4.98. The van der Waals surface area contributed by atoms with Crippen LogP contribution in [0.5, 0.6) is 0 Å². The lowest BCUT2D eigenvalue weighted by Gasteiger charge is -2.37. The predicted molar refractivity (Wildman–Crippen MR) is 70.0 cm³/mol. The Morgan fingerprint density at radius 3 is 2.47 bits per heavy atom. The number of hydrogen-bond acceptors (Lipinski definition) is 3. The van der Waals surface area contributed by atoms with Crippen molar-refractivity contribution in [2.45, 2.75) is 71.4 Å². The monoisotopic (exact) mass is 241 g/mol. The summed E-state index contributed by atoms with van der Waals surface area (Å²) in [7, 11) is 0. The first-order chi connectivity index (χ1) is 8.19. The summed E-state index contributed by atoms with van der Waals surface area (Å²) in [4.78, 5) is 14.0. The Hall–Kier alpha value is -0.570. The van der Waals surface area contributed by atoms with Crippen LogP contribution in [-0.2, 0) is 9.53 Å². The van der Waals surface area contributed by atoms with Gasteiger partial charge in [0, 0.05) is 12.1 Å². The van der Waals surface area contributed by atoms with Gasteiger partial charge in [0.15, 0.2) is 0 Å². The SMILES string of the molecule is CCOC(=O)CC(C)N(CC)C1CCCCC1. The summed E-state index contributed by atoms with van der Waals surface area (Å²) in [6.45, 7) is 7.72. The van der Waals surface area contributed by atoms with Gasteiger partial charge in [0.05, 0.1) is 13.0 Å². The quantitative estimate of drug-likeness (QED) is 0.670. The van der Waals surface area contributed by atoms with E-state index in [2.05, 4.69) is 18.7 Å². The maximum atomic E-state index is 11.5. The van der Waals surface area contributed by atoms with E-state index in [0.717, 1.165) is 6.54 Å². The number of hydrogen-bond donors (Lipinski definition) is 0. The summed E-state index contributed by atoms with van der Waals surface area (Å²) in [5.74, 6) is -0.0609. The zero-order chi connectivity index (χ0) is 12.7. The molecule has 0 spiro atoms. The fraction of sp³-hybridized carbons (Fsp3) is 0.929. The molecule has 0 aromatic rings. The standard InChI is InChI=1S/C14H27NO2/c1-4-15(13-9-7-6-8-10-13)12(3)11-14(16)17-5-2/h12-13H,4-11H2,1-3H3. The molecule has 1 saturated carbocycles. The van der Waals surface area contributed by atoms with Crippen molar-refractivity contribution < 1.29 is 9.53 Å². The molecule has 1 fully saturated rings. The molecule has 0 amide bonds. The Morgan fingerprint density at radius 1 is 1.29 bits per heavy atom. The van der Waals surface area contributed by atoms with Gasteiger partial charge in [-0.3, -0.25) is 9.69 Å². The van der Waals surface area contributed by atoms with Gasteiger partial charge >= 0.3 is 5.97 Å². The summed E-state index contributed by atoms with van der Waals surface area (Å²) in [5.41, 5.74) is 0. The molecule has 1 atom stereocenters. The van der Waals surface area contributed by atoms with Crippen molar-refractivity contribution in [3.8, 4) is 0 Å². The molecule has 1 aliphatic rings. The van der Waals surface area contributed by atoms with Crippen LogP contribution in [0.4, 0.5) is 0 Å². The highest BCUT2D eigenvalue weighted by Crippen LogP contribution is 2.24. The van der Waals surface area contributed by atoms with E-state index in [1.54, 1.807) is 0 Å². The zero-order valence-corrected chi connectivity index (χ0v) is 11.6. The molecule has 3 nitrogen and oxygen atoms in total. The molecule has 1 aliphatic carbocycles. The lowest BCUT2D eigenvalue weighted by atomic mass is 9.93. The molecule has 0 saturated heterocycles. The van der Waals surface area contributed by atoms with Crippen LogP contribution in [0.25, 0.3) is 0 Å². The van der Waals surface area contributed by atoms with Crippen LogP contribution in [-0.4, -0.2) is 36.1 Å². The minimum absolute atomic E-state index is 0.0609. The van der Waals surface area contributed by atoms with E-state index < -0.39 is 0 Å². The van der Waals surface area contributed by atoms with Crippen LogP contribution in [0.3, 0.4) is 0 Å². The Labute approximate surface area is 106 Å². The van der Waals surface area contributed by atoms with E-state index >= 15 is 0 Å².